The van der Waals surface area contributed by atoms with Gasteiger partial charge in [0.1, 0.15) is 0 Å². The summed E-state index contributed by atoms with van der Waals surface area (Å²) in [5.41, 5.74) is 2.57. The molecule has 0 aliphatic rings. The summed E-state index contributed by atoms with van der Waals surface area (Å²) in [7, 11) is 2.96. The number of ether oxygens (including phenoxy) is 2. The predicted molar refractivity (Wildman–Crippen MR) is 101 cm³/mol. The van der Waals surface area contributed by atoms with Crippen LogP contribution in [-0.2, 0) is 11.2 Å². The standard InChI is InChI=1S/C17H19ClN4O5/c1-9-11(16(24)21-17(25)20-9)5-7-13(23)22-19-8-10-4-6-12(26-2)15(27-3)14(10)18/h4,6,8H,5,7H2,1-3H3,(H,22,23)(H2,20,21,24,25)/b19-8+. The van der Waals surface area contributed by atoms with Gasteiger partial charge in [-0.3, -0.25) is 14.6 Å². The number of carbonyl (C=O) groups is 1. The summed E-state index contributed by atoms with van der Waals surface area (Å²) in [6.45, 7) is 1.60. The van der Waals surface area contributed by atoms with Crippen LogP contribution < -0.4 is 26.1 Å². The van der Waals surface area contributed by atoms with Gasteiger partial charge < -0.3 is 14.5 Å². The predicted octanol–water partition coefficient (Wildman–Crippen LogP) is 1.13. The number of hydrogen-bond acceptors (Lipinski definition) is 6. The third-order valence-electron chi connectivity index (χ3n) is 3.76. The SMILES string of the molecule is COc1ccc(/C=N/NC(=O)CCc2c(C)[nH]c(=O)[nH]c2=O)c(Cl)c1OC. The number of aryl methyl sites for hydroxylation is 1. The first-order valence-electron chi connectivity index (χ1n) is 7.91. The molecule has 0 unspecified atom stereocenters. The van der Waals surface area contributed by atoms with Crippen molar-refractivity contribution in [3.8, 4) is 11.5 Å². The lowest BCUT2D eigenvalue weighted by molar-refractivity contribution is -0.121. The van der Waals surface area contributed by atoms with Crippen molar-refractivity contribution in [1.82, 2.24) is 15.4 Å². The van der Waals surface area contributed by atoms with E-state index >= 15 is 0 Å². The van der Waals surface area contributed by atoms with E-state index in [-0.39, 0.29) is 12.8 Å². The molecular formula is C17H19ClN4O5. The molecule has 0 radical (unpaired) electrons. The number of benzene rings is 1. The number of carbonyl (C=O) groups excluding carboxylic acids is 1. The van der Waals surface area contributed by atoms with Gasteiger partial charge in [-0.25, -0.2) is 10.2 Å². The number of rotatable bonds is 7. The van der Waals surface area contributed by atoms with Crippen molar-refractivity contribution in [2.45, 2.75) is 19.8 Å². The summed E-state index contributed by atoms with van der Waals surface area (Å²) in [6.07, 6.45) is 1.56. The van der Waals surface area contributed by atoms with Crippen LogP contribution in [0.1, 0.15) is 23.2 Å². The monoisotopic (exact) mass is 394 g/mol. The van der Waals surface area contributed by atoms with Crippen LogP contribution in [0.25, 0.3) is 0 Å². The summed E-state index contributed by atoms with van der Waals surface area (Å²) in [6, 6.07) is 3.33. The molecule has 1 amide bonds. The molecule has 144 valence electrons. The maximum absolute atomic E-state index is 11.9. The fraction of sp³-hybridized carbons (Fsp3) is 0.294. The van der Waals surface area contributed by atoms with E-state index in [0.29, 0.717) is 33.3 Å². The molecule has 0 spiro atoms. The van der Waals surface area contributed by atoms with E-state index in [1.165, 1.54) is 20.4 Å². The Morgan fingerprint density at radius 3 is 2.63 bits per heavy atom. The number of aromatic nitrogens is 2. The molecule has 0 atom stereocenters. The number of H-pyrrole nitrogens is 2. The fourth-order valence-electron chi connectivity index (χ4n) is 2.40. The van der Waals surface area contributed by atoms with Crippen molar-refractivity contribution in [2.75, 3.05) is 14.2 Å². The minimum absolute atomic E-state index is 0.0208. The third kappa shape index (κ3) is 4.98. The van der Waals surface area contributed by atoms with Gasteiger partial charge in [0.05, 0.1) is 25.5 Å². The lowest BCUT2D eigenvalue weighted by atomic mass is 10.1. The van der Waals surface area contributed by atoms with Crippen LogP contribution in [0, 0.1) is 6.92 Å². The van der Waals surface area contributed by atoms with Crippen LogP contribution in [0.2, 0.25) is 5.02 Å². The number of hydrazone groups is 1. The first-order valence-corrected chi connectivity index (χ1v) is 8.29. The summed E-state index contributed by atoms with van der Waals surface area (Å²) >= 11 is 6.22. The van der Waals surface area contributed by atoms with Crippen molar-refractivity contribution in [2.24, 2.45) is 5.10 Å². The van der Waals surface area contributed by atoms with Gasteiger partial charge in [-0.05, 0) is 25.5 Å². The maximum Gasteiger partial charge on any atom is 0.325 e. The molecule has 0 saturated carbocycles. The molecule has 3 N–H and O–H groups in total. The Labute approximate surface area is 159 Å². The first kappa shape index (κ1) is 20.2. The zero-order valence-electron chi connectivity index (χ0n) is 15.0. The van der Waals surface area contributed by atoms with E-state index in [9.17, 15) is 14.4 Å². The van der Waals surface area contributed by atoms with Gasteiger partial charge in [-0.1, -0.05) is 11.6 Å². The second kappa shape index (κ2) is 9.04. The number of amides is 1. The van der Waals surface area contributed by atoms with Crippen LogP contribution in [-0.4, -0.2) is 36.3 Å². The highest BCUT2D eigenvalue weighted by Crippen LogP contribution is 2.36. The van der Waals surface area contributed by atoms with Crippen LogP contribution in [0.4, 0.5) is 0 Å². The molecule has 0 saturated heterocycles. The van der Waals surface area contributed by atoms with Gasteiger partial charge in [0.15, 0.2) is 11.5 Å². The molecule has 0 aliphatic carbocycles. The van der Waals surface area contributed by atoms with Crippen molar-refractivity contribution in [3.05, 3.63) is 54.8 Å². The van der Waals surface area contributed by atoms with Gasteiger partial charge in [-0.2, -0.15) is 5.10 Å². The largest absolute Gasteiger partial charge is 0.493 e. The van der Waals surface area contributed by atoms with Gasteiger partial charge in [0.25, 0.3) is 5.56 Å². The average molecular weight is 395 g/mol. The van der Waals surface area contributed by atoms with Crippen LogP contribution >= 0.6 is 11.6 Å². The van der Waals surface area contributed by atoms with Crippen molar-refractivity contribution in [1.29, 1.82) is 0 Å². The molecule has 1 aromatic heterocycles. The number of halogens is 1. The van der Waals surface area contributed by atoms with Gasteiger partial charge in [0, 0.05) is 23.2 Å². The normalized spacial score (nSPS) is 10.8. The molecule has 10 heteroatoms. The molecular weight excluding hydrogens is 376 g/mol. The average Bonchev–Trinajstić information content (AvgIpc) is 2.61. The molecule has 2 aromatic rings. The van der Waals surface area contributed by atoms with Gasteiger partial charge in [0.2, 0.25) is 5.91 Å². The lowest BCUT2D eigenvalue weighted by Crippen LogP contribution is -2.28. The molecule has 0 fully saturated rings. The summed E-state index contributed by atoms with van der Waals surface area (Å²) in [4.78, 5) is 39.4. The second-order valence-corrected chi connectivity index (χ2v) is 5.89. The topological polar surface area (TPSA) is 126 Å². The minimum atomic E-state index is -0.581. The number of nitrogens with zero attached hydrogens (tertiary/aromatic N) is 1. The number of nitrogens with one attached hydrogen (secondary N) is 3. The summed E-state index contributed by atoms with van der Waals surface area (Å²) in [5, 5.41) is 4.15. The van der Waals surface area contributed by atoms with Crippen molar-refractivity contribution < 1.29 is 14.3 Å². The lowest BCUT2D eigenvalue weighted by Gasteiger charge is -2.10. The smallest absolute Gasteiger partial charge is 0.325 e. The van der Waals surface area contributed by atoms with E-state index in [4.69, 9.17) is 21.1 Å². The van der Waals surface area contributed by atoms with E-state index in [2.05, 4.69) is 20.5 Å². The van der Waals surface area contributed by atoms with Crippen LogP contribution in [0.5, 0.6) is 11.5 Å². The maximum atomic E-state index is 11.9. The highest BCUT2D eigenvalue weighted by Gasteiger charge is 2.12. The Kier molecular flexibility index (Phi) is 6.78. The third-order valence-corrected chi connectivity index (χ3v) is 4.15. The number of hydrogen-bond donors (Lipinski definition) is 3. The Balaban J connectivity index is 2.00. The first-order chi connectivity index (χ1) is 12.9. The molecule has 0 aliphatic heterocycles. The van der Waals surface area contributed by atoms with E-state index in [1.807, 2.05) is 0 Å². The Morgan fingerprint density at radius 1 is 1.26 bits per heavy atom. The van der Waals surface area contributed by atoms with E-state index < -0.39 is 17.2 Å². The zero-order valence-corrected chi connectivity index (χ0v) is 15.8. The summed E-state index contributed by atoms with van der Waals surface area (Å²) in [5.74, 6) is 0.445. The molecule has 0 bridgehead atoms. The molecule has 1 aromatic carbocycles. The Morgan fingerprint density at radius 2 is 2.00 bits per heavy atom. The molecule has 27 heavy (non-hydrogen) atoms. The zero-order chi connectivity index (χ0) is 20.0. The second-order valence-electron chi connectivity index (χ2n) is 5.51. The van der Waals surface area contributed by atoms with Crippen molar-refractivity contribution >= 4 is 23.7 Å². The quantitative estimate of drug-likeness (QED) is 0.479. The molecule has 9 nitrogen and oxygen atoms in total. The number of methoxy groups -OCH3 is 2. The van der Waals surface area contributed by atoms with Gasteiger partial charge >= 0.3 is 5.69 Å². The van der Waals surface area contributed by atoms with E-state index in [0.717, 1.165) is 0 Å². The minimum Gasteiger partial charge on any atom is -0.493 e. The van der Waals surface area contributed by atoms with E-state index in [1.54, 1.807) is 19.1 Å². The summed E-state index contributed by atoms with van der Waals surface area (Å²) < 4.78 is 10.3. The Hall–Kier alpha value is -3.07. The van der Waals surface area contributed by atoms with Crippen LogP contribution in [0.15, 0.2) is 26.8 Å². The Bertz CT molecular complexity index is 980. The fourth-order valence-corrected chi connectivity index (χ4v) is 2.68. The van der Waals surface area contributed by atoms with Crippen LogP contribution in [0.3, 0.4) is 0 Å². The molecule has 1 heterocycles. The number of aromatic amines is 2. The molecule has 2 rings (SSSR count). The highest BCUT2D eigenvalue weighted by molar-refractivity contribution is 6.34. The van der Waals surface area contributed by atoms with Gasteiger partial charge in [-0.15, -0.1) is 0 Å². The van der Waals surface area contributed by atoms with Crippen molar-refractivity contribution in [3.63, 3.8) is 0 Å². The highest BCUT2D eigenvalue weighted by atomic mass is 35.5.